The predicted octanol–water partition coefficient (Wildman–Crippen LogP) is 1.04. The number of aryl methyl sites for hydroxylation is 1. The first-order valence-corrected chi connectivity index (χ1v) is 5.69. The van der Waals surface area contributed by atoms with Gasteiger partial charge in [0.25, 0.3) is 5.56 Å². The van der Waals surface area contributed by atoms with Gasteiger partial charge in [-0.3, -0.25) is 19.5 Å². The molecule has 0 bridgehead atoms. The molecule has 1 aromatic heterocycles. The lowest BCUT2D eigenvalue weighted by Gasteiger charge is -2.32. The van der Waals surface area contributed by atoms with Gasteiger partial charge in [0.2, 0.25) is 0 Å². The first-order valence-electron chi connectivity index (χ1n) is 5.69. The molecule has 0 saturated carbocycles. The van der Waals surface area contributed by atoms with Crippen LogP contribution in [-0.4, -0.2) is 21.7 Å². The van der Waals surface area contributed by atoms with E-state index in [2.05, 4.69) is 5.32 Å². The maximum absolute atomic E-state index is 12.2. The predicted molar refractivity (Wildman–Crippen MR) is 66.2 cm³/mol. The Morgan fingerprint density at radius 1 is 1.47 bits per heavy atom. The van der Waals surface area contributed by atoms with Crippen molar-refractivity contribution in [2.75, 3.05) is 5.32 Å². The van der Waals surface area contributed by atoms with E-state index < -0.39 is 29.8 Å². The number of rotatable bonds is 2. The minimum Gasteiger partial charge on any atom is -0.480 e. The second-order valence-corrected chi connectivity index (χ2v) is 4.88. The molecule has 1 aromatic rings. The van der Waals surface area contributed by atoms with Crippen LogP contribution in [0, 0.1) is 6.92 Å². The van der Waals surface area contributed by atoms with Crippen molar-refractivity contribution in [3.05, 3.63) is 27.7 Å². The first-order chi connectivity index (χ1) is 8.72. The summed E-state index contributed by atoms with van der Waals surface area (Å²) in [5, 5.41) is 11.1. The maximum atomic E-state index is 12.2. The molecule has 0 saturated heterocycles. The molecular formula is C12H14N2O5. The number of carboxylic acids is 1. The van der Waals surface area contributed by atoms with Gasteiger partial charge in [-0.1, -0.05) is 0 Å². The number of carbonyl (C=O) groups is 2. The molecule has 0 unspecified atom stereocenters. The molecular weight excluding hydrogens is 252 g/mol. The minimum absolute atomic E-state index is 0.0769. The Morgan fingerprint density at radius 2 is 2.11 bits per heavy atom. The number of amides is 1. The number of aromatic nitrogens is 1. The van der Waals surface area contributed by atoms with Crippen LogP contribution in [0.5, 0.6) is 0 Å². The van der Waals surface area contributed by atoms with Crippen molar-refractivity contribution in [1.82, 2.24) is 4.57 Å². The highest BCUT2D eigenvalue weighted by Gasteiger charge is 2.36. The molecule has 2 heterocycles. The van der Waals surface area contributed by atoms with Crippen molar-refractivity contribution < 1.29 is 19.4 Å². The van der Waals surface area contributed by atoms with Gasteiger partial charge in [0.15, 0.2) is 0 Å². The van der Waals surface area contributed by atoms with Gasteiger partial charge in [-0.15, -0.1) is 0 Å². The third kappa shape index (κ3) is 2.18. The average Bonchev–Trinajstić information content (AvgIpc) is 2.25. The Balaban J connectivity index is 2.68. The fourth-order valence-corrected chi connectivity index (χ4v) is 2.11. The third-order valence-electron chi connectivity index (χ3n) is 3.02. The number of pyridine rings is 1. The SMILES string of the molecule is Cc1cc2c(c(=O)n1CC(=O)O)NC(=O)OC2(C)C. The zero-order valence-corrected chi connectivity index (χ0v) is 10.8. The largest absolute Gasteiger partial charge is 0.480 e. The molecule has 1 amide bonds. The summed E-state index contributed by atoms with van der Waals surface area (Å²) >= 11 is 0. The van der Waals surface area contributed by atoms with E-state index in [-0.39, 0.29) is 5.69 Å². The monoisotopic (exact) mass is 266 g/mol. The highest BCUT2D eigenvalue weighted by atomic mass is 16.6. The van der Waals surface area contributed by atoms with E-state index in [0.717, 1.165) is 4.57 Å². The zero-order chi connectivity index (χ0) is 14.4. The number of anilines is 1. The molecule has 19 heavy (non-hydrogen) atoms. The zero-order valence-electron chi connectivity index (χ0n) is 10.8. The standard InChI is InChI=1S/C12H14N2O5/c1-6-4-7-9(10(17)14(6)5-8(15)16)13-11(18)19-12(7,2)3/h4H,5H2,1-3H3,(H,13,18)(H,15,16). The number of hydrogen-bond acceptors (Lipinski definition) is 4. The van der Waals surface area contributed by atoms with Crippen molar-refractivity contribution in [2.45, 2.75) is 32.9 Å². The Morgan fingerprint density at radius 3 is 2.68 bits per heavy atom. The molecule has 0 radical (unpaired) electrons. The van der Waals surface area contributed by atoms with E-state index in [1.54, 1.807) is 26.8 Å². The number of nitrogens with zero attached hydrogens (tertiary/aromatic N) is 1. The molecule has 0 aliphatic carbocycles. The second-order valence-electron chi connectivity index (χ2n) is 4.88. The fourth-order valence-electron chi connectivity index (χ4n) is 2.11. The highest BCUT2D eigenvalue weighted by Crippen LogP contribution is 2.33. The molecule has 1 aliphatic heterocycles. The van der Waals surface area contributed by atoms with E-state index in [1.165, 1.54) is 0 Å². The lowest BCUT2D eigenvalue weighted by Crippen LogP contribution is -2.40. The number of cyclic esters (lactones) is 1. The molecule has 0 atom stereocenters. The van der Waals surface area contributed by atoms with Gasteiger partial charge in [0.05, 0.1) is 0 Å². The summed E-state index contributed by atoms with van der Waals surface area (Å²) < 4.78 is 6.22. The number of carboxylic acid groups (broad SMARTS) is 1. The lowest BCUT2D eigenvalue weighted by atomic mass is 9.95. The Labute approximate surface area is 108 Å². The second kappa shape index (κ2) is 4.11. The normalized spacial score (nSPS) is 16.3. The van der Waals surface area contributed by atoms with Gasteiger partial charge in [0, 0.05) is 11.3 Å². The summed E-state index contributed by atoms with van der Waals surface area (Å²) in [5.41, 5.74) is -0.352. The van der Waals surface area contributed by atoms with Crippen LogP contribution < -0.4 is 10.9 Å². The number of nitrogens with one attached hydrogen (secondary N) is 1. The van der Waals surface area contributed by atoms with Crippen LogP contribution >= 0.6 is 0 Å². The van der Waals surface area contributed by atoms with Gasteiger partial charge in [0.1, 0.15) is 17.8 Å². The van der Waals surface area contributed by atoms with Gasteiger partial charge in [-0.25, -0.2) is 4.79 Å². The number of carbonyl (C=O) groups excluding carboxylic acids is 1. The van der Waals surface area contributed by atoms with Crippen molar-refractivity contribution in [3.63, 3.8) is 0 Å². The van der Waals surface area contributed by atoms with Crippen molar-refractivity contribution in [1.29, 1.82) is 0 Å². The number of aliphatic carboxylic acids is 1. The van der Waals surface area contributed by atoms with Crippen LogP contribution in [0.1, 0.15) is 25.1 Å². The molecule has 0 spiro atoms. The van der Waals surface area contributed by atoms with Crippen LogP contribution in [0.3, 0.4) is 0 Å². The lowest BCUT2D eigenvalue weighted by molar-refractivity contribution is -0.137. The first kappa shape index (κ1) is 13.1. The van der Waals surface area contributed by atoms with Crippen LogP contribution in [0.4, 0.5) is 10.5 Å². The minimum atomic E-state index is -1.12. The smallest absolute Gasteiger partial charge is 0.412 e. The highest BCUT2D eigenvalue weighted by molar-refractivity contribution is 5.88. The van der Waals surface area contributed by atoms with Crippen LogP contribution in [0.15, 0.2) is 10.9 Å². The average molecular weight is 266 g/mol. The fraction of sp³-hybridized carbons (Fsp3) is 0.417. The number of fused-ring (bicyclic) bond motifs is 1. The summed E-state index contributed by atoms with van der Waals surface area (Å²) in [6, 6.07) is 1.65. The number of ether oxygens (including phenoxy) is 1. The van der Waals surface area contributed by atoms with E-state index in [4.69, 9.17) is 9.84 Å². The van der Waals surface area contributed by atoms with Crippen LogP contribution in [0.25, 0.3) is 0 Å². The summed E-state index contributed by atoms with van der Waals surface area (Å²) in [5.74, 6) is -1.12. The molecule has 2 N–H and O–H groups in total. The molecule has 102 valence electrons. The van der Waals surface area contributed by atoms with Crippen molar-refractivity contribution >= 4 is 17.7 Å². The topological polar surface area (TPSA) is 97.6 Å². The van der Waals surface area contributed by atoms with Gasteiger partial charge < -0.3 is 9.84 Å². The third-order valence-corrected chi connectivity index (χ3v) is 3.02. The molecule has 0 fully saturated rings. The van der Waals surface area contributed by atoms with Crippen molar-refractivity contribution in [3.8, 4) is 0 Å². The molecule has 7 heteroatoms. The van der Waals surface area contributed by atoms with Gasteiger partial charge in [-0.2, -0.15) is 0 Å². The van der Waals surface area contributed by atoms with E-state index in [9.17, 15) is 14.4 Å². The molecule has 1 aliphatic rings. The molecule has 2 rings (SSSR count). The Bertz CT molecular complexity index is 630. The van der Waals surface area contributed by atoms with Crippen molar-refractivity contribution in [2.24, 2.45) is 0 Å². The quantitative estimate of drug-likeness (QED) is 0.833. The van der Waals surface area contributed by atoms with Gasteiger partial charge in [-0.05, 0) is 26.8 Å². The van der Waals surface area contributed by atoms with E-state index >= 15 is 0 Å². The van der Waals surface area contributed by atoms with Crippen LogP contribution in [-0.2, 0) is 21.7 Å². The van der Waals surface area contributed by atoms with Crippen LogP contribution in [0.2, 0.25) is 0 Å². The summed E-state index contributed by atoms with van der Waals surface area (Å²) in [6.07, 6.45) is -0.722. The van der Waals surface area contributed by atoms with Gasteiger partial charge >= 0.3 is 12.1 Å². The molecule has 7 nitrogen and oxygen atoms in total. The number of hydrogen-bond donors (Lipinski definition) is 2. The Kier molecular flexibility index (Phi) is 2.84. The summed E-state index contributed by atoms with van der Waals surface area (Å²) in [4.78, 5) is 34.4. The molecule has 0 aromatic carbocycles. The summed E-state index contributed by atoms with van der Waals surface area (Å²) in [6.45, 7) is 4.53. The Hall–Kier alpha value is -2.31. The van der Waals surface area contributed by atoms with E-state index in [1.807, 2.05) is 0 Å². The maximum Gasteiger partial charge on any atom is 0.412 e. The van der Waals surface area contributed by atoms with E-state index in [0.29, 0.717) is 11.3 Å². The summed E-state index contributed by atoms with van der Waals surface area (Å²) in [7, 11) is 0.